The number of halogens is 3. The summed E-state index contributed by atoms with van der Waals surface area (Å²) in [5, 5.41) is 3.04. The molecule has 1 fully saturated rings. The van der Waals surface area contributed by atoms with E-state index < -0.39 is 11.7 Å². The van der Waals surface area contributed by atoms with Crippen molar-refractivity contribution in [2.75, 3.05) is 23.3 Å². The van der Waals surface area contributed by atoms with Gasteiger partial charge in [0.05, 0.1) is 5.56 Å². The van der Waals surface area contributed by atoms with Gasteiger partial charge in [0.15, 0.2) is 0 Å². The summed E-state index contributed by atoms with van der Waals surface area (Å²) in [5.41, 5.74) is 0.708. The van der Waals surface area contributed by atoms with E-state index in [0.29, 0.717) is 17.5 Å². The molecule has 2 heterocycles. The van der Waals surface area contributed by atoms with Crippen LogP contribution in [0.4, 0.5) is 30.6 Å². The monoisotopic (exact) mass is 322 g/mol. The second kappa shape index (κ2) is 6.06. The van der Waals surface area contributed by atoms with Gasteiger partial charge < -0.3 is 10.2 Å². The van der Waals surface area contributed by atoms with Gasteiger partial charge >= 0.3 is 6.18 Å². The second-order valence-electron chi connectivity index (χ2n) is 5.59. The minimum absolute atomic E-state index is 0.559. The summed E-state index contributed by atoms with van der Waals surface area (Å²) >= 11 is 0. The standard InChI is InChI=1S/C16H17F3N4/c1-11-10-14(22-15(20-11)23-8-2-3-9-23)21-13-6-4-12(5-7-13)16(17,18)19/h4-7,10H,2-3,8-9H2,1H3,(H,20,21,22). The van der Waals surface area contributed by atoms with Crippen molar-refractivity contribution < 1.29 is 13.2 Å². The summed E-state index contributed by atoms with van der Waals surface area (Å²) in [4.78, 5) is 11.0. The molecule has 1 aromatic carbocycles. The van der Waals surface area contributed by atoms with Crippen molar-refractivity contribution in [3.8, 4) is 0 Å². The Hall–Kier alpha value is -2.31. The van der Waals surface area contributed by atoms with E-state index in [-0.39, 0.29) is 0 Å². The maximum Gasteiger partial charge on any atom is 0.416 e. The molecular weight excluding hydrogens is 305 g/mol. The Morgan fingerprint density at radius 1 is 1.04 bits per heavy atom. The number of aryl methyl sites for hydroxylation is 1. The second-order valence-corrected chi connectivity index (χ2v) is 5.59. The van der Waals surface area contributed by atoms with E-state index in [1.807, 2.05) is 6.92 Å². The molecule has 0 aliphatic carbocycles. The third-order valence-electron chi connectivity index (χ3n) is 3.72. The van der Waals surface area contributed by atoms with Gasteiger partial charge in [0.25, 0.3) is 0 Å². The molecule has 0 amide bonds. The summed E-state index contributed by atoms with van der Waals surface area (Å²) in [6.07, 6.45) is -2.08. The summed E-state index contributed by atoms with van der Waals surface area (Å²) in [5.74, 6) is 1.25. The van der Waals surface area contributed by atoms with Crippen molar-refractivity contribution >= 4 is 17.5 Å². The lowest BCUT2D eigenvalue weighted by Gasteiger charge is -2.17. The van der Waals surface area contributed by atoms with Crippen molar-refractivity contribution in [3.63, 3.8) is 0 Å². The molecule has 23 heavy (non-hydrogen) atoms. The van der Waals surface area contributed by atoms with Crippen LogP contribution >= 0.6 is 0 Å². The molecule has 4 nitrogen and oxygen atoms in total. The molecule has 1 aromatic heterocycles. The number of alkyl halides is 3. The lowest BCUT2D eigenvalue weighted by molar-refractivity contribution is -0.137. The average Bonchev–Trinajstić information content (AvgIpc) is 3.00. The van der Waals surface area contributed by atoms with Crippen LogP contribution in [0.3, 0.4) is 0 Å². The third-order valence-corrected chi connectivity index (χ3v) is 3.72. The first kappa shape index (κ1) is 15.6. The molecule has 1 aliphatic heterocycles. The maximum absolute atomic E-state index is 12.6. The first-order valence-electron chi connectivity index (χ1n) is 7.47. The molecule has 0 radical (unpaired) electrons. The summed E-state index contributed by atoms with van der Waals surface area (Å²) in [6.45, 7) is 3.74. The molecule has 0 bridgehead atoms. The fourth-order valence-electron chi connectivity index (χ4n) is 2.57. The van der Waals surface area contributed by atoms with E-state index in [1.54, 1.807) is 6.07 Å². The summed E-state index contributed by atoms with van der Waals surface area (Å²) in [7, 11) is 0. The molecule has 0 saturated carbocycles. The van der Waals surface area contributed by atoms with E-state index in [4.69, 9.17) is 0 Å². The third kappa shape index (κ3) is 3.72. The molecular formula is C16H17F3N4. The SMILES string of the molecule is Cc1cc(Nc2ccc(C(F)(F)F)cc2)nc(N2CCCC2)n1. The highest BCUT2D eigenvalue weighted by Gasteiger charge is 2.29. The quantitative estimate of drug-likeness (QED) is 0.922. The van der Waals surface area contributed by atoms with Crippen LogP contribution in [0.15, 0.2) is 30.3 Å². The van der Waals surface area contributed by atoms with Gasteiger partial charge in [-0.1, -0.05) is 0 Å². The van der Waals surface area contributed by atoms with Gasteiger partial charge in [-0.25, -0.2) is 4.98 Å². The zero-order valence-electron chi connectivity index (χ0n) is 12.7. The predicted octanol–water partition coefficient (Wildman–Crippen LogP) is 4.15. The van der Waals surface area contributed by atoms with Crippen LogP contribution in [0, 0.1) is 6.92 Å². The maximum atomic E-state index is 12.6. The molecule has 1 aliphatic rings. The molecule has 0 atom stereocenters. The Labute approximate surface area is 132 Å². The molecule has 1 saturated heterocycles. The highest BCUT2D eigenvalue weighted by molar-refractivity contribution is 5.58. The number of nitrogens with one attached hydrogen (secondary N) is 1. The number of hydrogen-bond donors (Lipinski definition) is 1. The van der Waals surface area contributed by atoms with Gasteiger partial charge in [0, 0.05) is 30.5 Å². The first-order chi connectivity index (χ1) is 10.9. The van der Waals surface area contributed by atoms with E-state index in [0.717, 1.165) is 43.8 Å². The van der Waals surface area contributed by atoms with E-state index in [1.165, 1.54) is 12.1 Å². The van der Waals surface area contributed by atoms with Crippen LogP contribution in [-0.2, 0) is 6.18 Å². The Bertz CT molecular complexity index is 677. The van der Waals surface area contributed by atoms with Crippen molar-refractivity contribution in [1.82, 2.24) is 9.97 Å². The van der Waals surface area contributed by atoms with Crippen LogP contribution < -0.4 is 10.2 Å². The number of rotatable bonds is 3. The van der Waals surface area contributed by atoms with Gasteiger partial charge in [-0.2, -0.15) is 18.2 Å². The van der Waals surface area contributed by atoms with Crippen molar-refractivity contribution in [3.05, 3.63) is 41.6 Å². The van der Waals surface area contributed by atoms with Gasteiger partial charge in [-0.05, 0) is 44.0 Å². The lowest BCUT2D eigenvalue weighted by atomic mass is 10.2. The Morgan fingerprint density at radius 3 is 2.30 bits per heavy atom. The largest absolute Gasteiger partial charge is 0.416 e. The van der Waals surface area contributed by atoms with E-state index in [2.05, 4.69) is 20.2 Å². The molecule has 0 unspecified atom stereocenters. The van der Waals surface area contributed by atoms with E-state index in [9.17, 15) is 13.2 Å². The topological polar surface area (TPSA) is 41.1 Å². The first-order valence-corrected chi connectivity index (χ1v) is 7.47. The van der Waals surface area contributed by atoms with Gasteiger partial charge in [-0.15, -0.1) is 0 Å². The van der Waals surface area contributed by atoms with Crippen LogP contribution in [0.25, 0.3) is 0 Å². The smallest absolute Gasteiger partial charge is 0.341 e. The molecule has 7 heteroatoms. The summed E-state index contributed by atoms with van der Waals surface area (Å²) in [6, 6.07) is 6.68. The van der Waals surface area contributed by atoms with Crippen molar-refractivity contribution in [2.24, 2.45) is 0 Å². The number of aromatic nitrogens is 2. The van der Waals surface area contributed by atoms with Gasteiger partial charge in [0.2, 0.25) is 5.95 Å². The Kier molecular flexibility index (Phi) is 4.11. The average molecular weight is 322 g/mol. The van der Waals surface area contributed by atoms with Crippen LogP contribution in [0.5, 0.6) is 0 Å². The molecule has 2 aromatic rings. The minimum Gasteiger partial charge on any atom is -0.341 e. The number of hydrogen-bond acceptors (Lipinski definition) is 4. The molecule has 0 spiro atoms. The molecule has 1 N–H and O–H groups in total. The van der Waals surface area contributed by atoms with Crippen molar-refractivity contribution in [1.29, 1.82) is 0 Å². The van der Waals surface area contributed by atoms with Gasteiger partial charge in [-0.3, -0.25) is 0 Å². The Balaban J connectivity index is 1.79. The predicted molar refractivity (Wildman–Crippen MR) is 82.9 cm³/mol. The van der Waals surface area contributed by atoms with Crippen LogP contribution in [-0.4, -0.2) is 23.1 Å². The fraction of sp³-hybridized carbons (Fsp3) is 0.375. The number of nitrogens with zero attached hydrogens (tertiary/aromatic N) is 3. The van der Waals surface area contributed by atoms with Gasteiger partial charge in [0.1, 0.15) is 5.82 Å². The lowest BCUT2D eigenvalue weighted by Crippen LogP contribution is -2.21. The number of anilines is 3. The number of benzene rings is 1. The fourth-order valence-corrected chi connectivity index (χ4v) is 2.57. The zero-order chi connectivity index (χ0) is 16.4. The van der Waals surface area contributed by atoms with Crippen molar-refractivity contribution in [2.45, 2.75) is 25.9 Å². The molecule has 3 rings (SSSR count). The highest BCUT2D eigenvalue weighted by Crippen LogP contribution is 2.30. The zero-order valence-corrected chi connectivity index (χ0v) is 12.7. The Morgan fingerprint density at radius 2 is 1.70 bits per heavy atom. The molecule has 122 valence electrons. The van der Waals surface area contributed by atoms with Crippen LogP contribution in [0.1, 0.15) is 24.1 Å². The minimum atomic E-state index is -4.33. The summed E-state index contributed by atoms with van der Waals surface area (Å²) < 4.78 is 37.7. The van der Waals surface area contributed by atoms with Crippen LogP contribution in [0.2, 0.25) is 0 Å². The normalized spacial score (nSPS) is 15.0. The van der Waals surface area contributed by atoms with E-state index >= 15 is 0 Å². The highest BCUT2D eigenvalue weighted by atomic mass is 19.4.